The van der Waals surface area contributed by atoms with Gasteiger partial charge in [-0.2, -0.15) is 0 Å². The maximum absolute atomic E-state index is 5.54. The molecular formula is C14H17N. The highest BCUT2D eigenvalue weighted by Gasteiger charge is 1.95. The molecule has 1 nitrogen and oxygen atoms in total. The summed E-state index contributed by atoms with van der Waals surface area (Å²) in [5.41, 5.74) is 8.98. The number of allylic oxidation sites excluding steroid dienone is 5. The van der Waals surface area contributed by atoms with E-state index in [-0.39, 0.29) is 0 Å². The van der Waals surface area contributed by atoms with Gasteiger partial charge in [0.15, 0.2) is 0 Å². The maximum Gasteiger partial charge on any atom is 0.0178 e. The summed E-state index contributed by atoms with van der Waals surface area (Å²) in [5, 5.41) is 0. The normalized spacial score (nSPS) is 12.0. The van der Waals surface area contributed by atoms with E-state index in [0.29, 0.717) is 6.54 Å². The van der Waals surface area contributed by atoms with Crippen LogP contribution in [0.1, 0.15) is 18.1 Å². The third kappa shape index (κ3) is 3.22. The second-order valence-electron chi connectivity index (χ2n) is 3.25. The van der Waals surface area contributed by atoms with Crippen LogP contribution in [0.3, 0.4) is 0 Å². The molecule has 0 aliphatic carbocycles. The first kappa shape index (κ1) is 11.5. The van der Waals surface area contributed by atoms with Crippen molar-refractivity contribution in [1.82, 2.24) is 0 Å². The maximum atomic E-state index is 5.54. The molecule has 1 aromatic rings. The molecule has 0 aliphatic heterocycles. The highest BCUT2D eigenvalue weighted by molar-refractivity contribution is 5.74. The van der Waals surface area contributed by atoms with Crippen LogP contribution in [-0.4, -0.2) is 0 Å². The van der Waals surface area contributed by atoms with Crippen LogP contribution >= 0.6 is 0 Å². The molecule has 0 aliphatic rings. The van der Waals surface area contributed by atoms with Gasteiger partial charge in [-0.1, -0.05) is 55.1 Å². The lowest BCUT2D eigenvalue weighted by molar-refractivity contribution is 1.07. The molecule has 0 saturated heterocycles. The molecule has 0 aromatic heterocycles. The minimum Gasteiger partial charge on any atom is -0.326 e. The first-order valence-corrected chi connectivity index (χ1v) is 5.06. The molecule has 15 heavy (non-hydrogen) atoms. The van der Waals surface area contributed by atoms with Gasteiger partial charge < -0.3 is 5.73 Å². The molecule has 0 spiro atoms. The van der Waals surface area contributed by atoms with E-state index in [1.54, 1.807) is 0 Å². The zero-order valence-corrected chi connectivity index (χ0v) is 9.11. The third-order valence-corrected chi connectivity index (χ3v) is 2.21. The number of hydrogen-bond donors (Lipinski definition) is 1. The van der Waals surface area contributed by atoms with Gasteiger partial charge in [-0.25, -0.2) is 0 Å². The van der Waals surface area contributed by atoms with Crippen molar-refractivity contribution in [3.05, 3.63) is 66.3 Å². The lowest BCUT2D eigenvalue weighted by Crippen LogP contribution is -1.95. The Morgan fingerprint density at radius 1 is 1.33 bits per heavy atom. The van der Waals surface area contributed by atoms with Crippen molar-refractivity contribution in [2.75, 3.05) is 0 Å². The van der Waals surface area contributed by atoms with Gasteiger partial charge in [0.1, 0.15) is 0 Å². The van der Waals surface area contributed by atoms with E-state index >= 15 is 0 Å². The molecule has 78 valence electrons. The molecule has 0 bridgehead atoms. The van der Waals surface area contributed by atoms with Crippen LogP contribution in [0.25, 0.3) is 5.57 Å². The molecule has 0 fully saturated rings. The summed E-state index contributed by atoms with van der Waals surface area (Å²) >= 11 is 0. The summed E-state index contributed by atoms with van der Waals surface area (Å²) < 4.78 is 0. The molecule has 0 heterocycles. The number of benzene rings is 1. The fourth-order valence-electron chi connectivity index (χ4n) is 1.32. The van der Waals surface area contributed by atoms with Crippen LogP contribution in [0.5, 0.6) is 0 Å². The minimum absolute atomic E-state index is 0.586. The Kier molecular flexibility index (Phi) is 4.58. The van der Waals surface area contributed by atoms with Gasteiger partial charge in [-0.3, -0.25) is 0 Å². The summed E-state index contributed by atoms with van der Waals surface area (Å²) in [6, 6.07) is 8.23. The average Bonchev–Trinajstić information content (AvgIpc) is 2.31. The predicted octanol–water partition coefficient (Wildman–Crippen LogP) is 3.29. The first-order chi connectivity index (χ1) is 7.31. The van der Waals surface area contributed by atoms with Crippen LogP contribution in [0.4, 0.5) is 0 Å². The average molecular weight is 199 g/mol. The molecular weight excluding hydrogens is 182 g/mol. The van der Waals surface area contributed by atoms with Crippen molar-refractivity contribution < 1.29 is 0 Å². The van der Waals surface area contributed by atoms with E-state index in [1.807, 2.05) is 43.4 Å². The van der Waals surface area contributed by atoms with E-state index in [9.17, 15) is 0 Å². The Balaban J connectivity index is 2.97. The van der Waals surface area contributed by atoms with Crippen molar-refractivity contribution in [3.63, 3.8) is 0 Å². The number of nitrogens with two attached hydrogens (primary N) is 1. The SMILES string of the molecule is C=C/C(=C\C=C/C)c1ccc(CN)cc1. The Morgan fingerprint density at radius 3 is 2.47 bits per heavy atom. The number of rotatable bonds is 4. The highest BCUT2D eigenvalue weighted by atomic mass is 14.5. The van der Waals surface area contributed by atoms with E-state index in [1.165, 1.54) is 5.56 Å². The topological polar surface area (TPSA) is 26.0 Å². The summed E-state index contributed by atoms with van der Waals surface area (Å²) in [6.45, 7) is 6.39. The molecule has 0 amide bonds. The molecule has 1 rings (SSSR count). The molecule has 0 saturated carbocycles. The lowest BCUT2D eigenvalue weighted by Gasteiger charge is -2.02. The Hall–Kier alpha value is -1.60. The van der Waals surface area contributed by atoms with Crippen LogP contribution in [-0.2, 0) is 6.54 Å². The van der Waals surface area contributed by atoms with Gasteiger partial charge in [0, 0.05) is 6.54 Å². The third-order valence-electron chi connectivity index (χ3n) is 2.21. The second kappa shape index (κ2) is 5.99. The van der Waals surface area contributed by atoms with Crippen LogP contribution < -0.4 is 5.73 Å². The molecule has 0 unspecified atom stereocenters. The standard InChI is InChI=1S/C14H17N/c1-3-5-6-13(4-2)14-9-7-12(11-15)8-10-14/h3-10H,2,11,15H2,1H3/b5-3-,13-6+. The second-order valence-corrected chi connectivity index (χ2v) is 3.25. The van der Waals surface area contributed by atoms with Gasteiger partial charge >= 0.3 is 0 Å². The quantitative estimate of drug-likeness (QED) is 0.740. The van der Waals surface area contributed by atoms with Gasteiger partial charge in [0.25, 0.3) is 0 Å². The van der Waals surface area contributed by atoms with Crippen LogP contribution in [0.2, 0.25) is 0 Å². The van der Waals surface area contributed by atoms with E-state index in [0.717, 1.165) is 11.1 Å². The van der Waals surface area contributed by atoms with E-state index < -0.39 is 0 Å². The fraction of sp³-hybridized carbons (Fsp3) is 0.143. The Labute approximate surface area is 91.6 Å². The molecule has 0 atom stereocenters. The van der Waals surface area contributed by atoms with E-state index in [2.05, 4.69) is 18.7 Å². The van der Waals surface area contributed by atoms with Crippen LogP contribution in [0.15, 0.2) is 55.1 Å². The zero-order chi connectivity index (χ0) is 11.1. The zero-order valence-electron chi connectivity index (χ0n) is 9.11. The first-order valence-electron chi connectivity index (χ1n) is 5.06. The smallest absolute Gasteiger partial charge is 0.0178 e. The van der Waals surface area contributed by atoms with Gasteiger partial charge in [-0.05, 0) is 23.6 Å². The fourth-order valence-corrected chi connectivity index (χ4v) is 1.32. The van der Waals surface area contributed by atoms with E-state index in [4.69, 9.17) is 5.73 Å². The van der Waals surface area contributed by atoms with Crippen molar-refractivity contribution in [2.45, 2.75) is 13.5 Å². The number of hydrogen-bond acceptors (Lipinski definition) is 1. The predicted molar refractivity (Wildman–Crippen MR) is 67.3 cm³/mol. The lowest BCUT2D eigenvalue weighted by atomic mass is 10.0. The van der Waals surface area contributed by atoms with Gasteiger partial charge in [0.2, 0.25) is 0 Å². The summed E-state index contributed by atoms with van der Waals surface area (Å²) in [4.78, 5) is 0. The molecule has 0 radical (unpaired) electrons. The minimum atomic E-state index is 0.586. The Morgan fingerprint density at radius 2 is 2.00 bits per heavy atom. The molecule has 2 N–H and O–H groups in total. The molecule has 1 aromatic carbocycles. The largest absolute Gasteiger partial charge is 0.326 e. The van der Waals surface area contributed by atoms with Gasteiger partial charge in [0.05, 0.1) is 0 Å². The molecule has 1 heteroatoms. The summed E-state index contributed by atoms with van der Waals surface area (Å²) in [7, 11) is 0. The van der Waals surface area contributed by atoms with Crippen molar-refractivity contribution in [3.8, 4) is 0 Å². The monoisotopic (exact) mass is 199 g/mol. The van der Waals surface area contributed by atoms with Crippen molar-refractivity contribution in [1.29, 1.82) is 0 Å². The Bertz CT molecular complexity index is 369. The summed E-state index contributed by atoms with van der Waals surface area (Å²) in [6.07, 6.45) is 7.91. The highest BCUT2D eigenvalue weighted by Crippen LogP contribution is 2.16. The van der Waals surface area contributed by atoms with Gasteiger partial charge in [-0.15, -0.1) is 0 Å². The summed E-state index contributed by atoms with van der Waals surface area (Å²) in [5.74, 6) is 0. The van der Waals surface area contributed by atoms with Crippen molar-refractivity contribution in [2.24, 2.45) is 5.73 Å². The van der Waals surface area contributed by atoms with Crippen LogP contribution in [0, 0.1) is 0 Å². The van der Waals surface area contributed by atoms with Crippen molar-refractivity contribution >= 4 is 5.57 Å².